The molecular formula is C28H34N10O3. The van der Waals surface area contributed by atoms with E-state index in [0.717, 1.165) is 23.9 Å². The maximum absolute atomic E-state index is 13.8. The molecule has 13 nitrogen and oxygen atoms in total. The number of aryl methyl sites for hydroxylation is 1. The highest BCUT2D eigenvalue weighted by molar-refractivity contribution is 5.97. The molecule has 0 spiro atoms. The number of hydrogen-bond acceptors (Lipinski definition) is 9. The first-order valence-corrected chi connectivity index (χ1v) is 14.2. The lowest BCUT2D eigenvalue weighted by atomic mass is 10.2. The van der Waals surface area contributed by atoms with Crippen LogP contribution in [0.15, 0.2) is 24.3 Å². The minimum Gasteiger partial charge on any atom is -0.378 e. The highest BCUT2D eigenvalue weighted by Crippen LogP contribution is 2.32. The predicted molar refractivity (Wildman–Crippen MR) is 153 cm³/mol. The highest BCUT2D eigenvalue weighted by atomic mass is 16.5. The fourth-order valence-corrected chi connectivity index (χ4v) is 5.69. The monoisotopic (exact) mass is 558 g/mol. The van der Waals surface area contributed by atoms with Crippen molar-refractivity contribution < 1.29 is 14.3 Å². The second-order valence-corrected chi connectivity index (χ2v) is 11.1. The van der Waals surface area contributed by atoms with Crippen molar-refractivity contribution in [3.63, 3.8) is 0 Å². The summed E-state index contributed by atoms with van der Waals surface area (Å²) in [7, 11) is 5.71. The summed E-state index contributed by atoms with van der Waals surface area (Å²) in [6.07, 6.45) is 1.97. The lowest BCUT2D eigenvalue weighted by Crippen LogP contribution is -2.51. The van der Waals surface area contributed by atoms with Crippen LogP contribution in [0.25, 0.3) is 28.1 Å². The Morgan fingerprint density at radius 1 is 0.902 bits per heavy atom. The zero-order valence-corrected chi connectivity index (χ0v) is 23.7. The standard InChI is InChI=1S/C28H34N10O3/c1-33(2)28-29-19-6-4-5-7-20(19)38(28)27-31-22-21(23(32-27)35-14-16-41-17-15-35)30-24(34(22)3)26(40)37-12-10-36(11-13-37)25(39)18-8-9-18/h4-7,18H,8-17H2,1-3H3. The second-order valence-electron chi connectivity index (χ2n) is 11.1. The Morgan fingerprint density at radius 2 is 1.61 bits per heavy atom. The van der Waals surface area contributed by atoms with Crippen LogP contribution in [0.5, 0.6) is 0 Å². The molecule has 7 rings (SSSR count). The Morgan fingerprint density at radius 3 is 2.32 bits per heavy atom. The summed E-state index contributed by atoms with van der Waals surface area (Å²) in [4.78, 5) is 53.7. The summed E-state index contributed by atoms with van der Waals surface area (Å²) < 4.78 is 9.33. The summed E-state index contributed by atoms with van der Waals surface area (Å²) in [5, 5.41) is 0. The van der Waals surface area contributed by atoms with Gasteiger partial charge in [0, 0.05) is 66.3 Å². The molecule has 0 bridgehead atoms. The topological polar surface area (TPSA) is 118 Å². The summed E-state index contributed by atoms with van der Waals surface area (Å²) in [5.41, 5.74) is 2.89. The van der Waals surface area contributed by atoms with Crippen molar-refractivity contribution in [2.45, 2.75) is 12.8 Å². The van der Waals surface area contributed by atoms with Gasteiger partial charge in [0.2, 0.25) is 23.6 Å². The Hall–Kier alpha value is -4.26. The van der Waals surface area contributed by atoms with Gasteiger partial charge in [-0.25, -0.2) is 14.5 Å². The summed E-state index contributed by atoms with van der Waals surface area (Å²) in [6, 6.07) is 7.91. The van der Waals surface area contributed by atoms with Gasteiger partial charge in [0.1, 0.15) is 0 Å². The number of aromatic nitrogens is 6. The van der Waals surface area contributed by atoms with Crippen LogP contribution in [0, 0.1) is 5.92 Å². The van der Waals surface area contributed by atoms with Crippen molar-refractivity contribution >= 4 is 45.8 Å². The van der Waals surface area contributed by atoms with Gasteiger partial charge in [0.05, 0.1) is 24.2 Å². The molecule has 3 aromatic heterocycles. The first-order chi connectivity index (χ1) is 19.9. The summed E-state index contributed by atoms with van der Waals surface area (Å²) in [6.45, 7) is 4.56. The van der Waals surface area contributed by atoms with E-state index >= 15 is 0 Å². The van der Waals surface area contributed by atoms with Gasteiger partial charge in [0.15, 0.2) is 17.0 Å². The Kier molecular flexibility index (Phi) is 6.25. The third-order valence-electron chi connectivity index (χ3n) is 8.14. The average Bonchev–Trinajstić information content (AvgIpc) is 3.70. The van der Waals surface area contributed by atoms with Crippen molar-refractivity contribution in [2.75, 3.05) is 76.4 Å². The van der Waals surface area contributed by atoms with E-state index in [2.05, 4.69) is 4.90 Å². The molecule has 0 unspecified atom stereocenters. The van der Waals surface area contributed by atoms with Crippen LogP contribution in [0.4, 0.5) is 11.8 Å². The van der Waals surface area contributed by atoms with Gasteiger partial charge in [-0.15, -0.1) is 0 Å². The molecule has 2 amide bonds. The van der Waals surface area contributed by atoms with E-state index in [4.69, 9.17) is 24.7 Å². The molecule has 0 radical (unpaired) electrons. The van der Waals surface area contributed by atoms with Gasteiger partial charge in [-0.05, 0) is 25.0 Å². The van der Waals surface area contributed by atoms with Crippen LogP contribution < -0.4 is 9.80 Å². The van der Waals surface area contributed by atoms with Crippen LogP contribution in [0.2, 0.25) is 0 Å². The molecule has 3 aliphatic rings. The molecule has 2 aliphatic heterocycles. The molecule has 13 heteroatoms. The number of hydrogen-bond donors (Lipinski definition) is 0. The second kappa shape index (κ2) is 9.98. The number of nitrogens with zero attached hydrogens (tertiary/aromatic N) is 10. The number of benzene rings is 1. The molecule has 4 aromatic rings. The molecular weight excluding hydrogens is 524 g/mol. The Balaban J connectivity index is 1.30. The quantitative estimate of drug-likeness (QED) is 0.357. The number of morpholine rings is 1. The van der Waals surface area contributed by atoms with E-state index < -0.39 is 0 Å². The van der Waals surface area contributed by atoms with Crippen LogP contribution >= 0.6 is 0 Å². The van der Waals surface area contributed by atoms with Gasteiger partial charge in [0.25, 0.3) is 5.91 Å². The van der Waals surface area contributed by atoms with Gasteiger partial charge in [-0.1, -0.05) is 12.1 Å². The maximum Gasteiger partial charge on any atom is 0.290 e. The molecule has 5 heterocycles. The van der Waals surface area contributed by atoms with E-state index in [-0.39, 0.29) is 17.7 Å². The van der Waals surface area contributed by atoms with E-state index in [1.807, 2.05) is 59.8 Å². The van der Waals surface area contributed by atoms with E-state index in [1.165, 1.54) is 0 Å². The average molecular weight is 559 g/mol. The number of anilines is 2. The lowest BCUT2D eigenvalue weighted by Gasteiger charge is -2.34. The van der Waals surface area contributed by atoms with Crippen LogP contribution in [0.1, 0.15) is 23.5 Å². The molecule has 1 saturated carbocycles. The molecule has 3 fully saturated rings. The number of carbonyl (C=O) groups excluding carboxylic acids is 2. The zero-order valence-electron chi connectivity index (χ0n) is 23.7. The van der Waals surface area contributed by atoms with Crippen molar-refractivity contribution in [2.24, 2.45) is 13.0 Å². The Labute approximate surface area is 237 Å². The lowest BCUT2D eigenvalue weighted by molar-refractivity contribution is -0.134. The first kappa shape index (κ1) is 25.7. The van der Waals surface area contributed by atoms with Crippen molar-refractivity contribution in [3.8, 4) is 5.95 Å². The van der Waals surface area contributed by atoms with E-state index in [9.17, 15) is 9.59 Å². The van der Waals surface area contributed by atoms with Crippen LogP contribution in [-0.4, -0.2) is 117 Å². The fourth-order valence-electron chi connectivity index (χ4n) is 5.69. The number of amides is 2. The zero-order chi connectivity index (χ0) is 28.2. The third-order valence-corrected chi connectivity index (χ3v) is 8.14. The first-order valence-electron chi connectivity index (χ1n) is 14.2. The van der Waals surface area contributed by atoms with Gasteiger partial charge in [-0.2, -0.15) is 9.97 Å². The molecule has 41 heavy (non-hydrogen) atoms. The molecule has 1 aliphatic carbocycles. The third kappa shape index (κ3) is 4.44. The number of rotatable bonds is 5. The summed E-state index contributed by atoms with van der Waals surface area (Å²) in [5.74, 6) is 2.39. The SMILES string of the molecule is CN(C)c1nc2ccccc2n1-c1nc(N2CCOCC2)c2nc(C(=O)N3CCN(C(=O)C4CC4)CC3)n(C)c2n1. The van der Waals surface area contributed by atoms with Gasteiger partial charge >= 0.3 is 0 Å². The van der Waals surface area contributed by atoms with Crippen molar-refractivity contribution in [3.05, 3.63) is 30.1 Å². The smallest absolute Gasteiger partial charge is 0.290 e. The van der Waals surface area contributed by atoms with E-state index in [1.54, 1.807) is 9.47 Å². The van der Waals surface area contributed by atoms with Gasteiger partial charge < -0.3 is 28.9 Å². The fraction of sp³-hybridized carbons (Fsp3) is 0.500. The largest absolute Gasteiger partial charge is 0.378 e. The molecule has 214 valence electrons. The number of fused-ring (bicyclic) bond motifs is 2. The molecule has 0 atom stereocenters. The van der Waals surface area contributed by atoms with E-state index in [0.29, 0.717) is 87.2 Å². The number of para-hydroxylation sites is 2. The molecule has 1 aromatic carbocycles. The number of imidazole rings is 2. The number of carbonyl (C=O) groups is 2. The minimum absolute atomic E-state index is 0.166. The summed E-state index contributed by atoms with van der Waals surface area (Å²) >= 11 is 0. The van der Waals surface area contributed by atoms with Crippen molar-refractivity contribution in [1.82, 2.24) is 38.9 Å². The van der Waals surface area contributed by atoms with Crippen LogP contribution in [0.3, 0.4) is 0 Å². The van der Waals surface area contributed by atoms with Gasteiger partial charge in [-0.3, -0.25) is 9.59 Å². The normalized spacial score (nSPS) is 18.0. The molecule has 0 N–H and O–H groups in total. The van der Waals surface area contributed by atoms with Crippen molar-refractivity contribution in [1.29, 1.82) is 0 Å². The highest BCUT2D eigenvalue weighted by Gasteiger charge is 2.36. The predicted octanol–water partition coefficient (Wildman–Crippen LogP) is 1.30. The minimum atomic E-state index is -0.166. The number of ether oxygens (including phenoxy) is 1. The molecule has 2 saturated heterocycles. The Bertz CT molecular complexity index is 1640. The van der Waals surface area contributed by atoms with Crippen LogP contribution in [-0.2, 0) is 16.6 Å². The maximum atomic E-state index is 13.8. The number of piperazine rings is 1.